The van der Waals surface area contributed by atoms with Crippen molar-refractivity contribution >= 4 is 11.6 Å². The molecule has 0 unspecified atom stereocenters. The third-order valence-electron chi connectivity index (χ3n) is 5.00. The molecule has 6 heteroatoms. The summed E-state index contributed by atoms with van der Waals surface area (Å²) in [5.74, 6) is -0.327. The van der Waals surface area contributed by atoms with Crippen LogP contribution in [0.25, 0.3) is 16.9 Å². The number of carbonyl (C=O) groups excluding carboxylic acids is 1. The number of aryl methyl sites for hydroxylation is 1. The van der Waals surface area contributed by atoms with Gasteiger partial charge in [-0.25, -0.2) is 9.37 Å². The van der Waals surface area contributed by atoms with Gasteiger partial charge in [-0.3, -0.25) is 9.78 Å². The molecule has 4 rings (SSSR count). The summed E-state index contributed by atoms with van der Waals surface area (Å²) in [4.78, 5) is 22.4. The quantitative estimate of drug-likeness (QED) is 0.709. The second-order valence-corrected chi connectivity index (χ2v) is 7.16. The Labute approximate surface area is 151 Å². The Morgan fingerprint density at radius 3 is 2.69 bits per heavy atom. The molecule has 3 aromatic rings. The molecular formula is C20H19FN4O. The summed E-state index contributed by atoms with van der Waals surface area (Å²) in [6.07, 6.45) is 4.64. The summed E-state index contributed by atoms with van der Waals surface area (Å²) in [5.41, 5.74) is 3.93. The predicted molar refractivity (Wildman–Crippen MR) is 97.9 cm³/mol. The van der Waals surface area contributed by atoms with Gasteiger partial charge in [-0.2, -0.15) is 0 Å². The number of anilines is 1. The van der Waals surface area contributed by atoms with Gasteiger partial charge < -0.3 is 9.47 Å². The molecule has 1 amide bonds. The number of imidazole rings is 1. The normalized spacial score (nSPS) is 15.4. The second kappa shape index (κ2) is 5.49. The topological polar surface area (TPSA) is 51.0 Å². The lowest BCUT2D eigenvalue weighted by Crippen LogP contribution is -2.33. The molecule has 0 saturated heterocycles. The largest absolute Gasteiger partial charge is 0.314 e. The fourth-order valence-electron chi connectivity index (χ4n) is 3.47. The molecule has 0 radical (unpaired) electrons. The molecule has 26 heavy (non-hydrogen) atoms. The molecule has 1 aliphatic rings. The molecule has 2 aromatic heterocycles. The number of halogens is 1. The number of fused-ring (bicyclic) bond motifs is 1. The molecule has 0 bridgehead atoms. The Kier molecular flexibility index (Phi) is 3.47. The molecule has 1 aromatic carbocycles. The number of hydrogen-bond acceptors (Lipinski definition) is 3. The van der Waals surface area contributed by atoms with Crippen molar-refractivity contribution in [3.8, 4) is 16.9 Å². The zero-order valence-corrected chi connectivity index (χ0v) is 15.1. The Bertz CT molecular complexity index is 1040. The minimum Gasteiger partial charge on any atom is -0.314 e. The number of nitrogens with zero attached hydrogens (tertiary/aromatic N) is 4. The summed E-state index contributed by atoms with van der Waals surface area (Å²) in [5, 5.41) is 0. The van der Waals surface area contributed by atoms with Crippen LogP contribution in [0.2, 0.25) is 0 Å². The lowest BCUT2D eigenvalue weighted by Gasteiger charge is -2.16. The number of carbonyl (C=O) groups is 1. The van der Waals surface area contributed by atoms with Crippen molar-refractivity contribution in [2.24, 2.45) is 0 Å². The van der Waals surface area contributed by atoms with E-state index in [4.69, 9.17) is 0 Å². The van der Waals surface area contributed by atoms with E-state index >= 15 is 0 Å². The van der Waals surface area contributed by atoms with E-state index in [9.17, 15) is 9.18 Å². The summed E-state index contributed by atoms with van der Waals surface area (Å²) in [6, 6.07) is 7.57. The maximum Gasteiger partial charge on any atom is 0.236 e. The SMILES string of the molecule is Cc1cc(-c2cn(-c3ccc4c(c3)N(C)C(=O)C4(C)C)cn2)c(F)cn1. The number of pyridine rings is 1. The molecule has 0 aliphatic carbocycles. The number of benzene rings is 1. The van der Waals surface area contributed by atoms with Gasteiger partial charge in [0, 0.05) is 35.9 Å². The Balaban J connectivity index is 1.76. The van der Waals surface area contributed by atoms with Gasteiger partial charge in [0.15, 0.2) is 5.82 Å². The van der Waals surface area contributed by atoms with Gasteiger partial charge in [0.1, 0.15) is 0 Å². The van der Waals surface area contributed by atoms with Crippen LogP contribution in [0.3, 0.4) is 0 Å². The van der Waals surface area contributed by atoms with Crippen molar-refractivity contribution in [3.63, 3.8) is 0 Å². The lowest BCUT2D eigenvalue weighted by molar-refractivity contribution is -0.121. The Hall–Kier alpha value is -3.02. The van der Waals surface area contributed by atoms with Crippen LogP contribution in [0.5, 0.6) is 0 Å². The van der Waals surface area contributed by atoms with Crippen molar-refractivity contribution in [1.29, 1.82) is 0 Å². The van der Waals surface area contributed by atoms with Crippen molar-refractivity contribution in [2.45, 2.75) is 26.2 Å². The molecule has 5 nitrogen and oxygen atoms in total. The summed E-state index contributed by atoms with van der Waals surface area (Å²) < 4.78 is 15.9. The number of aromatic nitrogens is 3. The van der Waals surface area contributed by atoms with E-state index < -0.39 is 11.2 Å². The van der Waals surface area contributed by atoms with Crippen LogP contribution in [-0.4, -0.2) is 27.5 Å². The molecule has 132 valence electrons. The minimum atomic E-state index is -0.527. The van der Waals surface area contributed by atoms with Crippen molar-refractivity contribution in [3.05, 3.63) is 60.1 Å². The molecule has 0 N–H and O–H groups in total. The first-order chi connectivity index (χ1) is 12.3. The number of rotatable bonds is 2. The molecule has 0 spiro atoms. The highest BCUT2D eigenvalue weighted by atomic mass is 19.1. The van der Waals surface area contributed by atoms with Gasteiger partial charge in [-0.05, 0) is 44.5 Å². The van der Waals surface area contributed by atoms with Gasteiger partial charge in [-0.15, -0.1) is 0 Å². The molecule has 0 atom stereocenters. The number of hydrogen-bond donors (Lipinski definition) is 0. The van der Waals surface area contributed by atoms with E-state index in [0.717, 1.165) is 22.6 Å². The smallest absolute Gasteiger partial charge is 0.236 e. The minimum absolute atomic E-state index is 0.0744. The number of likely N-dealkylation sites (N-methyl/N-ethyl adjacent to an activating group) is 1. The van der Waals surface area contributed by atoms with Crippen LogP contribution >= 0.6 is 0 Å². The zero-order valence-electron chi connectivity index (χ0n) is 15.1. The maximum atomic E-state index is 14.1. The van der Waals surface area contributed by atoms with Crippen molar-refractivity contribution in [2.75, 3.05) is 11.9 Å². The van der Waals surface area contributed by atoms with Gasteiger partial charge in [-0.1, -0.05) is 6.07 Å². The van der Waals surface area contributed by atoms with Crippen LogP contribution in [0.15, 0.2) is 43.0 Å². The van der Waals surface area contributed by atoms with Gasteiger partial charge in [0.05, 0.1) is 23.6 Å². The van der Waals surface area contributed by atoms with Crippen LogP contribution < -0.4 is 4.90 Å². The monoisotopic (exact) mass is 350 g/mol. The molecule has 0 saturated carbocycles. The summed E-state index contributed by atoms with van der Waals surface area (Å²) >= 11 is 0. The van der Waals surface area contributed by atoms with E-state index in [-0.39, 0.29) is 5.91 Å². The molecular weight excluding hydrogens is 331 g/mol. The standard InChI is InChI=1S/C20H19FN4O/c1-12-7-14(16(21)9-22-12)17-10-25(11-23-17)13-5-6-15-18(8-13)24(4)19(26)20(15,2)3/h5-11H,1-4H3. The average molecular weight is 350 g/mol. The summed E-state index contributed by atoms with van der Waals surface area (Å²) in [7, 11) is 1.79. The highest BCUT2D eigenvalue weighted by molar-refractivity contribution is 6.07. The lowest BCUT2D eigenvalue weighted by atomic mass is 9.86. The van der Waals surface area contributed by atoms with Crippen LogP contribution in [0.4, 0.5) is 10.1 Å². The fourth-order valence-corrected chi connectivity index (χ4v) is 3.47. The first kappa shape index (κ1) is 16.4. The van der Waals surface area contributed by atoms with E-state index in [2.05, 4.69) is 9.97 Å². The summed E-state index contributed by atoms with van der Waals surface area (Å²) in [6.45, 7) is 5.68. The molecule has 1 aliphatic heterocycles. The van der Waals surface area contributed by atoms with E-state index in [0.29, 0.717) is 11.3 Å². The number of amides is 1. The first-order valence-electron chi connectivity index (χ1n) is 8.38. The Morgan fingerprint density at radius 1 is 1.15 bits per heavy atom. The van der Waals surface area contributed by atoms with E-state index in [1.165, 1.54) is 6.20 Å². The second-order valence-electron chi connectivity index (χ2n) is 7.16. The third kappa shape index (κ3) is 2.33. The van der Waals surface area contributed by atoms with Gasteiger partial charge in [0.2, 0.25) is 5.91 Å². The van der Waals surface area contributed by atoms with Crippen molar-refractivity contribution in [1.82, 2.24) is 14.5 Å². The fraction of sp³-hybridized carbons (Fsp3) is 0.250. The van der Waals surface area contributed by atoms with E-state index in [1.54, 1.807) is 30.5 Å². The average Bonchev–Trinajstić information content (AvgIpc) is 3.17. The predicted octanol–water partition coefficient (Wildman–Crippen LogP) is 3.64. The third-order valence-corrected chi connectivity index (χ3v) is 5.00. The Morgan fingerprint density at radius 2 is 1.92 bits per heavy atom. The van der Waals surface area contributed by atoms with Crippen LogP contribution in [0.1, 0.15) is 25.1 Å². The first-order valence-corrected chi connectivity index (χ1v) is 8.38. The van der Waals surface area contributed by atoms with Crippen molar-refractivity contribution < 1.29 is 9.18 Å². The van der Waals surface area contributed by atoms with E-state index in [1.807, 2.05) is 43.5 Å². The highest BCUT2D eigenvalue weighted by Crippen LogP contribution is 2.41. The van der Waals surface area contributed by atoms with Crippen LogP contribution in [0, 0.1) is 12.7 Å². The molecule has 0 fully saturated rings. The highest BCUT2D eigenvalue weighted by Gasteiger charge is 2.42. The zero-order chi connectivity index (χ0) is 18.6. The van der Waals surface area contributed by atoms with Gasteiger partial charge in [0.25, 0.3) is 0 Å². The molecule has 3 heterocycles. The maximum absolute atomic E-state index is 14.1. The van der Waals surface area contributed by atoms with Gasteiger partial charge >= 0.3 is 0 Å². The van der Waals surface area contributed by atoms with Crippen LogP contribution in [-0.2, 0) is 10.2 Å².